The van der Waals surface area contributed by atoms with Crippen LogP contribution in [0.5, 0.6) is 0 Å². The zero-order valence-electron chi connectivity index (χ0n) is 10.6. The van der Waals surface area contributed by atoms with Crippen molar-refractivity contribution in [2.75, 3.05) is 5.32 Å². The van der Waals surface area contributed by atoms with Crippen LogP contribution in [0.25, 0.3) is 0 Å². The summed E-state index contributed by atoms with van der Waals surface area (Å²) in [6.45, 7) is 2.55. The second kappa shape index (κ2) is 4.52. The summed E-state index contributed by atoms with van der Waals surface area (Å²) < 4.78 is 3.22. The molecule has 2 rings (SSSR count). The quantitative estimate of drug-likeness (QED) is 0.807. The summed E-state index contributed by atoms with van der Waals surface area (Å²) in [5.41, 5.74) is 7.65. The number of hydrogen-bond acceptors (Lipinski definition) is 4. The van der Waals surface area contributed by atoms with Crippen molar-refractivity contribution >= 4 is 11.7 Å². The number of aromatic nitrogens is 4. The van der Waals surface area contributed by atoms with Gasteiger partial charge in [0.2, 0.25) is 0 Å². The monoisotopic (exact) mass is 248 g/mol. The Balaban J connectivity index is 2.09. The lowest BCUT2D eigenvalue weighted by Gasteiger charge is -2.00. The van der Waals surface area contributed by atoms with Crippen molar-refractivity contribution in [3.63, 3.8) is 0 Å². The maximum Gasteiger partial charge on any atom is 0.267 e. The van der Waals surface area contributed by atoms with Crippen molar-refractivity contribution in [3.8, 4) is 0 Å². The number of nitrogens with two attached hydrogens (primary N) is 1. The van der Waals surface area contributed by atoms with E-state index in [0.717, 1.165) is 11.3 Å². The number of amides is 1. The predicted octanol–water partition coefficient (Wildman–Crippen LogP) is 0.173. The van der Waals surface area contributed by atoms with E-state index in [1.807, 2.05) is 20.2 Å². The molecule has 0 aliphatic heterocycles. The first-order valence-corrected chi connectivity index (χ1v) is 5.54. The lowest BCUT2D eigenvalue weighted by Crippen LogP contribution is -2.15. The van der Waals surface area contributed by atoms with Gasteiger partial charge in [0.25, 0.3) is 5.91 Å². The second-order valence-electron chi connectivity index (χ2n) is 4.17. The highest BCUT2D eigenvalue weighted by atomic mass is 16.1. The maximum absolute atomic E-state index is 11.1. The van der Waals surface area contributed by atoms with Gasteiger partial charge in [-0.1, -0.05) is 0 Å². The van der Waals surface area contributed by atoms with E-state index in [-0.39, 0.29) is 0 Å². The average Bonchev–Trinajstić information content (AvgIpc) is 2.79. The first kappa shape index (κ1) is 12.2. The molecule has 0 spiro atoms. The zero-order chi connectivity index (χ0) is 13.3. The second-order valence-corrected chi connectivity index (χ2v) is 4.17. The van der Waals surface area contributed by atoms with Crippen LogP contribution in [0.3, 0.4) is 0 Å². The summed E-state index contributed by atoms with van der Waals surface area (Å²) >= 11 is 0. The van der Waals surface area contributed by atoms with E-state index < -0.39 is 5.91 Å². The van der Waals surface area contributed by atoms with Gasteiger partial charge in [0.15, 0.2) is 0 Å². The Kier molecular flexibility index (Phi) is 3.05. The average molecular weight is 248 g/mol. The third kappa shape index (κ3) is 2.34. The van der Waals surface area contributed by atoms with Crippen LogP contribution < -0.4 is 11.1 Å². The van der Waals surface area contributed by atoms with E-state index in [0.29, 0.717) is 18.1 Å². The molecule has 7 nitrogen and oxygen atoms in total. The molecule has 0 saturated carbocycles. The van der Waals surface area contributed by atoms with Gasteiger partial charge >= 0.3 is 0 Å². The van der Waals surface area contributed by atoms with E-state index in [1.165, 1.54) is 4.68 Å². The minimum absolute atomic E-state index is 0.375. The van der Waals surface area contributed by atoms with Crippen LogP contribution in [0.4, 0.5) is 5.82 Å². The van der Waals surface area contributed by atoms with Crippen LogP contribution in [0.2, 0.25) is 0 Å². The lowest BCUT2D eigenvalue weighted by molar-refractivity contribution is 0.0991. The highest BCUT2D eigenvalue weighted by Gasteiger charge is 2.10. The molecule has 3 N–H and O–H groups in total. The third-order valence-corrected chi connectivity index (χ3v) is 2.71. The molecule has 2 heterocycles. The van der Waals surface area contributed by atoms with Gasteiger partial charge in [0, 0.05) is 38.5 Å². The number of carbonyl (C=O) groups excluding carboxylic acids is 1. The number of carbonyl (C=O) groups is 1. The predicted molar refractivity (Wildman–Crippen MR) is 67.0 cm³/mol. The van der Waals surface area contributed by atoms with Crippen LogP contribution in [0.15, 0.2) is 12.3 Å². The Morgan fingerprint density at radius 2 is 2.17 bits per heavy atom. The normalized spacial score (nSPS) is 10.6. The Morgan fingerprint density at radius 3 is 2.67 bits per heavy atom. The zero-order valence-corrected chi connectivity index (χ0v) is 10.6. The summed E-state index contributed by atoms with van der Waals surface area (Å²) in [4.78, 5) is 11.1. The SMILES string of the molecule is Cc1nn(C)cc1CNc1cc(C(N)=O)n(C)n1. The first-order valence-electron chi connectivity index (χ1n) is 5.54. The third-order valence-electron chi connectivity index (χ3n) is 2.71. The van der Waals surface area contributed by atoms with Crippen molar-refractivity contribution in [3.05, 3.63) is 29.2 Å². The van der Waals surface area contributed by atoms with Gasteiger partial charge in [0.1, 0.15) is 11.5 Å². The fourth-order valence-corrected chi connectivity index (χ4v) is 1.79. The van der Waals surface area contributed by atoms with Gasteiger partial charge in [-0.15, -0.1) is 0 Å². The Morgan fingerprint density at radius 1 is 1.44 bits per heavy atom. The molecule has 0 aliphatic carbocycles. The Hall–Kier alpha value is -2.31. The fourth-order valence-electron chi connectivity index (χ4n) is 1.79. The number of anilines is 1. The van der Waals surface area contributed by atoms with Crippen LogP contribution in [0, 0.1) is 6.92 Å². The molecule has 0 atom stereocenters. The smallest absolute Gasteiger partial charge is 0.267 e. The van der Waals surface area contributed by atoms with Crippen molar-refractivity contribution in [2.24, 2.45) is 19.8 Å². The number of rotatable bonds is 4. The summed E-state index contributed by atoms with van der Waals surface area (Å²) in [6, 6.07) is 1.63. The Bertz CT molecular complexity index is 582. The van der Waals surface area contributed by atoms with Crippen LogP contribution >= 0.6 is 0 Å². The molecule has 0 aromatic carbocycles. The van der Waals surface area contributed by atoms with E-state index in [4.69, 9.17) is 5.73 Å². The van der Waals surface area contributed by atoms with E-state index in [1.54, 1.807) is 17.8 Å². The molecule has 0 radical (unpaired) electrons. The number of primary amides is 1. The van der Waals surface area contributed by atoms with Gasteiger partial charge in [-0.3, -0.25) is 14.2 Å². The van der Waals surface area contributed by atoms with E-state index >= 15 is 0 Å². The number of nitrogens with one attached hydrogen (secondary N) is 1. The molecule has 2 aromatic rings. The first-order chi connectivity index (χ1) is 8.47. The topological polar surface area (TPSA) is 90.8 Å². The number of nitrogens with zero attached hydrogens (tertiary/aromatic N) is 4. The van der Waals surface area contributed by atoms with Crippen molar-refractivity contribution < 1.29 is 4.79 Å². The molecular weight excluding hydrogens is 232 g/mol. The molecule has 18 heavy (non-hydrogen) atoms. The van der Waals surface area contributed by atoms with Crippen LogP contribution in [-0.4, -0.2) is 25.5 Å². The molecule has 0 saturated heterocycles. The van der Waals surface area contributed by atoms with Crippen molar-refractivity contribution in [1.82, 2.24) is 19.6 Å². The number of hydrogen-bond donors (Lipinski definition) is 2. The fraction of sp³-hybridized carbons (Fsp3) is 0.364. The molecule has 0 bridgehead atoms. The van der Waals surface area contributed by atoms with E-state index in [2.05, 4.69) is 15.5 Å². The highest BCUT2D eigenvalue weighted by molar-refractivity contribution is 5.91. The minimum atomic E-state index is -0.490. The minimum Gasteiger partial charge on any atom is -0.364 e. The van der Waals surface area contributed by atoms with Gasteiger partial charge in [0.05, 0.1) is 5.69 Å². The lowest BCUT2D eigenvalue weighted by atomic mass is 10.2. The largest absolute Gasteiger partial charge is 0.364 e. The molecular formula is C11H16N6O. The molecule has 2 aromatic heterocycles. The molecule has 0 unspecified atom stereocenters. The summed E-state index contributed by atoms with van der Waals surface area (Å²) in [7, 11) is 3.56. The summed E-state index contributed by atoms with van der Waals surface area (Å²) in [6.07, 6.45) is 1.94. The number of aryl methyl sites for hydroxylation is 3. The van der Waals surface area contributed by atoms with Crippen LogP contribution in [0.1, 0.15) is 21.7 Å². The molecule has 0 aliphatic rings. The van der Waals surface area contributed by atoms with Crippen molar-refractivity contribution in [2.45, 2.75) is 13.5 Å². The molecule has 0 fully saturated rings. The van der Waals surface area contributed by atoms with Gasteiger partial charge in [-0.2, -0.15) is 10.2 Å². The summed E-state index contributed by atoms with van der Waals surface area (Å²) in [5.74, 6) is 0.130. The van der Waals surface area contributed by atoms with E-state index in [9.17, 15) is 4.79 Å². The standard InChI is InChI=1S/C11H16N6O/c1-7-8(6-16(2)14-7)5-13-10-4-9(11(12)18)17(3)15-10/h4,6H,5H2,1-3H3,(H2,12,18)(H,13,15). The van der Waals surface area contributed by atoms with Gasteiger partial charge in [-0.05, 0) is 6.92 Å². The van der Waals surface area contributed by atoms with Crippen molar-refractivity contribution in [1.29, 1.82) is 0 Å². The van der Waals surface area contributed by atoms with Gasteiger partial charge in [-0.25, -0.2) is 0 Å². The molecule has 96 valence electrons. The molecule has 1 amide bonds. The Labute approximate surface area is 105 Å². The van der Waals surface area contributed by atoms with Gasteiger partial charge < -0.3 is 11.1 Å². The summed E-state index contributed by atoms with van der Waals surface area (Å²) in [5, 5.41) is 11.6. The maximum atomic E-state index is 11.1. The van der Waals surface area contributed by atoms with Crippen LogP contribution in [-0.2, 0) is 20.6 Å². The highest BCUT2D eigenvalue weighted by Crippen LogP contribution is 2.11. The molecule has 7 heteroatoms.